The van der Waals surface area contributed by atoms with E-state index in [4.69, 9.17) is 9.47 Å². The number of carbonyl (C=O) groups is 4. The zero-order valence-corrected chi connectivity index (χ0v) is 26.4. The highest BCUT2D eigenvalue weighted by Crippen LogP contribution is 2.39. The van der Waals surface area contributed by atoms with Crippen molar-refractivity contribution in [3.63, 3.8) is 0 Å². The van der Waals surface area contributed by atoms with Gasteiger partial charge >= 0.3 is 12.1 Å². The molecule has 6 rings (SSSR count). The van der Waals surface area contributed by atoms with Gasteiger partial charge in [-0.15, -0.1) is 0 Å². The lowest BCUT2D eigenvalue weighted by Crippen LogP contribution is -2.73. The molecule has 0 unspecified atom stereocenters. The number of β-lactam (4-membered cyclic amide) rings is 1. The fourth-order valence-electron chi connectivity index (χ4n) is 6.00. The molecule has 1 aliphatic carbocycles. The number of fused-ring (bicyclic) bond motifs is 1. The van der Waals surface area contributed by atoms with Crippen LogP contribution in [-0.2, 0) is 34.7 Å². The van der Waals surface area contributed by atoms with Gasteiger partial charge in [0, 0.05) is 18.2 Å². The number of amides is 3. The van der Waals surface area contributed by atoms with Crippen molar-refractivity contribution >= 4 is 34.7 Å². The molecule has 1 N–H and O–H groups in total. The zero-order chi connectivity index (χ0) is 31.9. The van der Waals surface area contributed by atoms with Gasteiger partial charge in [-0.3, -0.25) is 18.7 Å². The smallest absolute Gasteiger partial charge is 0.408 e. The Morgan fingerprint density at radius 2 is 1.62 bits per heavy atom. The third kappa shape index (κ3) is 6.45. The molecule has 0 bridgehead atoms. The molecule has 11 heteroatoms. The number of piperidine rings is 1. The molecule has 3 aliphatic heterocycles. The van der Waals surface area contributed by atoms with Crippen molar-refractivity contribution < 1.29 is 32.9 Å². The SMILES string of the molecule is CC(C)(C)OC(=O)N[C@@H]1C(=O)N2C(C(=O)OC(c3ccccc3)c3ccccc3)=C(C=C3CCCN(C4CC4)C3=O)C[S@](=O)[C@H]12. The van der Waals surface area contributed by atoms with E-state index in [-0.39, 0.29) is 23.4 Å². The highest BCUT2D eigenvalue weighted by Gasteiger charge is 2.58. The van der Waals surface area contributed by atoms with E-state index in [1.54, 1.807) is 26.8 Å². The number of rotatable bonds is 7. The van der Waals surface area contributed by atoms with Gasteiger partial charge in [-0.25, -0.2) is 9.59 Å². The maximum absolute atomic E-state index is 14.2. The average Bonchev–Trinajstić information content (AvgIpc) is 3.85. The van der Waals surface area contributed by atoms with Crippen molar-refractivity contribution in [2.75, 3.05) is 12.3 Å². The number of allylic oxidation sites excluding steroid dienone is 1. The quantitative estimate of drug-likeness (QED) is 0.277. The minimum Gasteiger partial charge on any atom is -0.448 e. The fraction of sp³-hybridized carbons (Fsp3) is 0.412. The summed E-state index contributed by atoms with van der Waals surface area (Å²) in [6.45, 7) is 5.78. The summed E-state index contributed by atoms with van der Waals surface area (Å²) in [7, 11) is -1.69. The first-order chi connectivity index (χ1) is 21.5. The molecule has 3 amide bonds. The molecular formula is C34H37N3O7S. The highest BCUT2D eigenvalue weighted by molar-refractivity contribution is 7.86. The molecule has 45 heavy (non-hydrogen) atoms. The molecule has 1 saturated carbocycles. The van der Waals surface area contributed by atoms with Gasteiger partial charge in [0.2, 0.25) is 5.91 Å². The van der Waals surface area contributed by atoms with Crippen LogP contribution in [0.15, 0.2) is 83.6 Å². The van der Waals surface area contributed by atoms with Crippen LogP contribution in [-0.4, -0.2) is 73.2 Å². The maximum atomic E-state index is 14.2. The number of hydrogen-bond donors (Lipinski definition) is 1. The summed E-state index contributed by atoms with van der Waals surface area (Å²) < 4.78 is 25.1. The van der Waals surface area contributed by atoms with E-state index in [0.717, 1.165) is 35.3 Å². The Morgan fingerprint density at radius 3 is 2.20 bits per heavy atom. The van der Waals surface area contributed by atoms with Crippen LogP contribution in [0.25, 0.3) is 0 Å². The number of benzene rings is 2. The van der Waals surface area contributed by atoms with Crippen LogP contribution < -0.4 is 5.32 Å². The normalized spacial score (nSPS) is 24.4. The summed E-state index contributed by atoms with van der Waals surface area (Å²) in [5.74, 6) is -1.57. The van der Waals surface area contributed by atoms with Crippen LogP contribution in [0.2, 0.25) is 0 Å². The lowest BCUT2D eigenvalue weighted by molar-refractivity contribution is -0.153. The van der Waals surface area contributed by atoms with Crippen LogP contribution in [0.4, 0.5) is 4.79 Å². The van der Waals surface area contributed by atoms with Crippen molar-refractivity contribution in [3.8, 4) is 0 Å². The standard InChI is InChI=1S/C34H37N3O7S/c1-34(2,3)44-33(41)35-26-30(39)37-27(32(40)43-28(21-11-6-4-7-12-21)22-13-8-5-9-14-22)24(20-45(42)31(26)37)19-23-15-10-18-36(29(23)38)25-16-17-25/h4-9,11-14,19,25-26,28,31H,10,15-18,20H2,1-3H3,(H,35,41)/t26-,31-,45+/m1/s1. The maximum Gasteiger partial charge on any atom is 0.408 e. The van der Waals surface area contributed by atoms with E-state index in [1.807, 2.05) is 65.6 Å². The Bertz CT molecular complexity index is 1550. The van der Waals surface area contributed by atoms with Crippen molar-refractivity contribution in [2.45, 2.75) is 75.6 Å². The van der Waals surface area contributed by atoms with Crippen molar-refractivity contribution in [1.82, 2.24) is 15.1 Å². The summed E-state index contributed by atoms with van der Waals surface area (Å²) in [6, 6.07) is 17.6. The fourth-order valence-corrected chi connectivity index (χ4v) is 7.63. The van der Waals surface area contributed by atoms with Gasteiger partial charge < -0.3 is 19.7 Å². The van der Waals surface area contributed by atoms with Crippen LogP contribution in [0, 0.1) is 0 Å². The Kier molecular flexibility index (Phi) is 8.39. The molecule has 0 radical (unpaired) electrons. The lowest BCUT2D eigenvalue weighted by atomic mass is 9.97. The number of likely N-dealkylation sites (tertiary alicyclic amines) is 1. The highest BCUT2D eigenvalue weighted by atomic mass is 32.2. The molecule has 3 fully saturated rings. The molecule has 2 aromatic carbocycles. The van der Waals surface area contributed by atoms with Gasteiger partial charge in [-0.2, -0.15) is 0 Å². The molecule has 2 aromatic rings. The summed E-state index contributed by atoms with van der Waals surface area (Å²) >= 11 is 0. The summed E-state index contributed by atoms with van der Waals surface area (Å²) in [5.41, 5.74) is 1.42. The van der Waals surface area contributed by atoms with E-state index in [9.17, 15) is 23.4 Å². The monoisotopic (exact) mass is 631 g/mol. The summed E-state index contributed by atoms with van der Waals surface area (Å²) in [4.78, 5) is 56.8. The van der Waals surface area contributed by atoms with Crippen molar-refractivity contribution in [1.29, 1.82) is 0 Å². The lowest BCUT2D eigenvalue weighted by Gasteiger charge is -2.49. The molecule has 4 aliphatic rings. The molecule has 0 aromatic heterocycles. The second-order valence-electron chi connectivity index (χ2n) is 12.7. The Hall–Kier alpha value is -4.25. The van der Waals surface area contributed by atoms with Gasteiger partial charge in [0.15, 0.2) is 6.10 Å². The Balaban J connectivity index is 1.37. The van der Waals surface area contributed by atoms with Crippen LogP contribution >= 0.6 is 0 Å². The predicted octanol–water partition coefficient (Wildman–Crippen LogP) is 4.11. The number of carbonyl (C=O) groups excluding carboxylic acids is 4. The molecule has 10 nitrogen and oxygen atoms in total. The van der Waals surface area contributed by atoms with E-state index in [2.05, 4.69) is 5.32 Å². The third-order valence-corrected chi connectivity index (χ3v) is 9.78. The number of ether oxygens (including phenoxy) is 2. The van der Waals surface area contributed by atoms with Crippen LogP contribution in [0.1, 0.15) is 63.7 Å². The van der Waals surface area contributed by atoms with Crippen LogP contribution in [0.3, 0.4) is 0 Å². The Labute approximate surface area is 264 Å². The number of nitrogens with zero attached hydrogens (tertiary/aromatic N) is 2. The predicted molar refractivity (Wildman–Crippen MR) is 167 cm³/mol. The van der Waals surface area contributed by atoms with Gasteiger partial charge in [0.25, 0.3) is 5.91 Å². The first-order valence-corrected chi connectivity index (χ1v) is 16.7. The average molecular weight is 632 g/mol. The van der Waals surface area contributed by atoms with Gasteiger partial charge in [-0.05, 0) is 69.2 Å². The Morgan fingerprint density at radius 1 is 1.00 bits per heavy atom. The van der Waals surface area contributed by atoms with E-state index >= 15 is 0 Å². The minimum absolute atomic E-state index is 0.0625. The second kappa shape index (κ2) is 12.3. The topological polar surface area (TPSA) is 122 Å². The largest absolute Gasteiger partial charge is 0.448 e. The number of esters is 1. The minimum atomic E-state index is -1.69. The molecule has 3 atom stereocenters. The second-order valence-corrected chi connectivity index (χ2v) is 14.3. The third-order valence-electron chi connectivity index (χ3n) is 8.17. The van der Waals surface area contributed by atoms with Crippen molar-refractivity contribution in [2.24, 2.45) is 0 Å². The number of nitrogens with one attached hydrogen (secondary N) is 1. The first kappa shape index (κ1) is 30.8. The first-order valence-electron chi connectivity index (χ1n) is 15.3. The molecule has 2 saturated heterocycles. The summed E-state index contributed by atoms with van der Waals surface area (Å²) in [5, 5.41) is 1.54. The summed E-state index contributed by atoms with van der Waals surface area (Å²) in [6.07, 6.45) is 3.25. The van der Waals surface area contributed by atoms with E-state index in [0.29, 0.717) is 24.1 Å². The van der Waals surface area contributed by atoms with Crippen LogP contribution in [0.5, 0.6) is 0 Å². The molecule has 236 valence electrons. The zero-order valence-electron chi connectivity index (χ0n) is 25.6. The van der Waals surface area contributed by atoms with Gasteiger partial charge in [0.1, 0.15) is 22.7 Å². The van der Waals surface area contributed by atoms with Gasteiger partial charge in [-0.1, -0.05) is 60.7 Å². The number of alkyl carbamates (subject to hydrolysis) is 1. The van der Waals surface area contributed by atoms with E-state index < -0.39 is 51.9 Å². The molecular weight excluding hydrogens is 594 g/mol. The molecule has 3 heterocycles. The van der Waals surface area contributed by atoms with Gasteiger partial charge in [0.05, 0.1) is 16.6 Å². The van der Waals surface area contributed by atoms with Crippen molar-refractivity contribution in [3.05, 3.63) is 94.7 Å². The number of hydrogen-bond acceptors (Lipinski definition) is 7. The molecule has 0 spiro atoms. The van der Waals surface area contributed by atoms with E-state index in [1.165, 1.54) is 0 Å².